The van der Waals surface area contributed by atoms with Crippen molar-refractivity contribution in [3.63, 3.8) is 0 Å². The van der Waals surface area contributed by atoms with E-state index >= 15 is 0 Å². The predicted molar refractivity (Wildman–Crippen MR) is 92.0 cm³/mol. The Morgan fingerprint density at radius 2 is 0.789 bits per heavy atom. The Bertz CT molecular complexity index is 154. The minimum absolute atomic E-state index is 0. The van der Waals surface area contributed by atoms with Gasteiger partial charge in [0.25, 0.3) is 0 Å². The van der Waals surface area contributed by atoms with Gasteiger partial charge >= 0.3 is 0 Å². The molecule has 1 rings (SSSR count). The van der Waals surface area contributed by atoms with Gasteiger partial charge in [-0.2, -0.15) is 0 Å². The third kappa shape index (κ3) is 21.5. The Morgan fingerprint density at radius 3 is 0.947 bits per heavy atom. The average Bonchev–Trinajstić information content (AvgIpc) is 2.12. The third-order valence-corrected chi connectivity index (χ3v) is 6.96. The molecule has 0 bridgehead atoms. The molecule has 0 aromatic rings. The van der Waals surface area contributed by atoms with E-state index in [4.69, 9.17) is 0 Å². The maximum atomic E-state index is 2.47. The van der Waals surface area contributed by atoms with E-state index in [2.05, 4.69) is 65.0 Å². The Kier molecular flexibility index (Phi) is 13.8. The second-order valence-corrected chi connectivity index (χ2v) is 19.0. The van der Waals surface area contributed by atoms with E-state index in [-0.39, 0.29) is 20.4 Å². The van der Waals surface area contributed by atoms with Crippen LogP contribution in [0.1, 0.15) is 25.7 Å². The van der Waals surface area contributed by atoms with Crippen LogP contribution in [0.15, 0.2) is 0 Å². The van der Waals surface area contributed by atoms with Crippen molar-refractivity contribution in [3.05, 3.63) is 25.7 Å². The van der Waals surface area contributed by atoms with Crippen molar-refractivity contribution in [1.29, 1.82) is 0 Å². The molecule has 1 aliphatic carbocycles. The summed E-state index contributed by atoms with van der Waals surface area (Å²) in [5, 5.41) is 0. The molecule has 0 aromatic carbocycles. The zero-order chi connectivity index (χ0) is 14.1. The molecule has 0 nitrogen and oxygen atoms in total. The topological polar surface area (TPSA) is 0 Å². The minimum atomic E-state index is -0.732. The van der Waals surface area contributed by atoms with E-state index in [1.807, 2.05) is 0 Å². The van der Waals surface area contributed by atoms with Gasteiger partial charge in [0.15, 0.2) is 0 Å². The number of rotatable bonds is 3. The zero-order valence-electron chi connectivity index (χ0n) is 13.9. The quantitative estimate of drug-likeness (QED) is 0.517. The number of hydrogen-bond acceptors (Lipinski definition) is 0. The molecule has 1 fully saturated rings. The molecule has 1 saturated carbocycles. The van der Waals surface area contributed by atoms with Gasteiger partial charge in [-0.1, -0.05) is 51.4 Å². The number of hydrogen-bond donors (Lipinski definition) is 0. The van der Waals surface area contributed by atoms with Gasteiger partial charge in [0.1, 0.15) is 0 Å². The van der Waals surface area contributed by atoms with Crippen LogP contribution in [0.3, 0.4) is 0 Å². The van der Waals surface area contributed by atoms with Crippen LogP contribution in [0.5, 0.6) is 0 Å². The first kappa shape index (κ1) is 22.4. The summed E-state index contributed by atoms with van der Waals surface area (Å²) in [6.45, 7) is 14.8. The molecule has 0 atom stereocenters. The first-order valence-corrected chi connectivity index (χ1v) is 14.9. The molecule has 3 heteroatoms. The molecule has 0 spiro atoms. The molecule has 0 heterocycles. The summed E-state index contributed by atoms with van der Waals surface area (Å²) < 4.78 is 0. The van der Waals surface area contributed by atoms with Crippen LogP contribution in [0.25, 0.3) is 0 Å². The molecule has 0 aromatic heterocycles. The Balaban J connectivity index is 0. The van der Waals surface area contributed by atoms with Crippen LogP contribution in [-0.2, 0) is 20.4 Å². The second kappa shape index (κ2) is 11.7. The monoisotopic (exact) mass is 388 g/mol. The molecule has 0 unspecified atom stereocenters. The molecule has 4 radical (unpaired) electrons. The molecule has 0 amide bonds. The van der Waals surface area contributed by atoms with Gasteiger partial charge < -0.3 is 0 Å². The molecule has 1 aliphatic rings. The smallest absolute Gasteiger partial charge is 0.0439 e. The standard InChI is InChI=1S/C8H22Si2.C8H12.Pd/c1-9(2,3)7-8-10(4,5)6;1-2-4-6-8-7-5-3-1;/h7-8H2,1-6H3;1-2,7-8H,3-6H2;. The minimum Gasteiger partial charge on any atom is -0.0696 e. The van der Waals surface area contributed by atoms with Crippen LogP contribution in [0, 0.1) is 25.7 Å². The van der Waals surface area contributed by atoms with E-state index in [9.17, 15) is 0 Å². The average molecular weight is 389 g/mol. The molecule has 0 N–H and O–H groups in total. The maximum Gasteiger partial charge on any atom is 0.0439 e. The van der Waals surface area contributed by atoms with Crippen LogP contribution >= 0.6 is 0 Å². The van der Waals surface area contributed by atoms with Crippen molar-refractivity contribution in [1.82, 2.24) is 0 Å². The van der Waals surface area contributed by atoms with Crippen molar-refractivity contribution in [2.24, 2.45) is 0 Å². The summed E-state index contributed by atoms with van der Waals surface area (Å²) in [4.78, 5) is 0. The molecular formula is C16H34PdSi2. The Hall–Kier alpha value is 1.10. The van der Waals surface area contributed by atoms with Crippen molar-refractivity contribution >= 4 is 16.1 Å². The Morgan fingerprint density at radius 1 is 0.579 bits per heavy atom. The van der Waals surface area contributed by atoms with E-state index in [1.54, 1.807) is 0 Å². The summed E-state index contributed by atoms with van der Waals surface area (Å²) in [7, 11) is -1.46. The fourth-order valence-electron chi connectivity index (χ4n) is 1.61. The van der Waals surface area contributed by atoms with Crippen molar-refractivity contribution < 1.29 is 20.4 Å². The van der Waals surface area contributed by atoms with E-state index in [1.165, 1.54) is 37.8 Å². The normalized spacial score (nSPS) is 17.4. The van der Waals surface area contributed by atoms with Gasteiger partial charge in [-0.05, 0) is 51.4 Å². The summed E-state index contributed by atoms with van der Waals surface area (Å²) in [6.07, 6.45) is 14.0. The van der Waals surface area contributed by atoms with E-state index in [0.717, 1.165) is 0 Å². The van der Waals surface area contributed by atoms with Gasteiger partial charge in [0, 0.05) is 36.6 Å². The van der Waals surface area contributed by atoms with E-state index < -0.39 is 16.1 Å². The van der Waals surface area contributed by atoms with Gasteiger partial charge in [-0.25, -0.2) is 0 Å². The van der Waals surface area contributed by atoms with Gasteiger partial charge in [0.2, 0.25) is 0 Å². The summed E-state index contributed by atoms with van der Waals surface area (Å²) in [5.41, 5.74) is 0. The largest absolute Gasteiger partial charge is 0.0696 e. The first-order valence-electron chi connectivity index (χ1n) is 7.51. The molecule has 0 saturated heterocycles. The molecule has 19 heavy (non-hydrogen) atoms. The molecular weight excluding hydrogens is 355 g/mol. The first-order chi connectivity index (χ1) is 8.21. The van der Waals surface area contributed by atoms with Gasteiger partial charge in [-0.3, -0.25) is 0 Å². The Labute approximate surface area is 139 Å². The van der Waals surface area contributed by atoms with E-state index in [0.29, 0.717) is 0 Å². The van der Waals surface area contributed by atoms with Crippen molar-refractivity contribution in [2.45, 2.75) is 77.1 Å². The van der Waals surface area contributed by atoms with Gasteiger partial charge in [0.05, 0.1) is 0 Å². The summed E-state index contributed by atoms with van der Waals surface area (Å²) >= 11 is 0. The van der Waals surface area contributed by atoms with Crippen molar-refractivity contribution in [3.8, 4) is 0 Å². The third-order valence-electron chi connectivity index (χ3n) is 2.96. The van der Waals surface area contributed by atoms with Crippen LogP contribution in [0.4, 0.5) is 0 Å². The van der Waals surface area contributed by atoms with Crippen LogP contribution in [0.2, 0.25) is 51.4 Å². The van der Waals surface area contributed by atoms with Crippen LogP contribution < -0.4 is 0 Å². The maximum absolute atomic E-state index is 2.47. The summed E-state index contributed by atoms with van der Waals surface area (Å²) in [5.74, 6) is 0. The van der Waals surface area contributed by atoms with Gasteiger partial charge in [-0.15, -0.1) is 0 Å². The zero-order valence-corrected chi connectivity index (χ0v) is 17.4. The predicted octanol–water partition coefficient (Wildman–Crippen LogP) is 6.04. The molecule has 0 aliphatic heterocycles. The van der Waals surface area contributed by atoms with Crippen molar-refractivity contribution in [2.75, 3.05) is 0 Å². The molecule has 116 valence electrons. The fourth-order valence-corrected chi connectivity index (χ4v) is 7.61. The fraction of sp³-hybridized carbons (Fsp3) is 0.750. The second-order valence-electron chi connectivity index (χ2n) is 7.72. The SMILES string of the molecule is C[Si](C)(C)CC[Si](C)(C)C.[CH]1[CH]CC[CH][CH]CC1.[Pd]. The van der Waals surface area contributed by atoms with Crippen LogP contribution in [-0.4, -0.2) is 16.1 Å². The summed E-state index contributed by atoms with van der Waals surface area (Å²) in [6, 6.07) is 3.06.